The number of methoxy groups -OCH3 is 1. The summed E-state index contributed by atoms with van der Waals surface area (Å²) in [5, 5.41) is 20.1. The molecule has 3 N–H and O–H groups in total. The van der Waals surface area contributed by atoms with Crippen LogP contribution in [0, 0.1) is 6.92 Å². The molecular formula is C22H23NO9. The Bertz CT molecular complexity index is 968. The maximum Gasteiger partial charge on any atom is 0.412 e. The van der Waals surface area contributed by atoms with Crippen molar-refractivity contribution >= 4 is 24.0 Å². The maximum absolute atomic E-state index is 11.4. The number of amides is 1. The summed E-state index contributed by atoms with van der Waals surface area (Å²) in [6, 6.07) is 10.1. The van der Waals surface area contributed by atoms with E-state index < -0.39 is 24.0 Å². The van der Waals surface area contributed by atoms with Gasteiger partial charge in [0.05, 0.1) is 24.8 Å². The third-order valence-electron chi connectivity index (χ3n) is 3.71. The van der Waals surface area contributed by atoms with E-state index >= 15 is 0 Å². The lowest BCUT2D eigenvalue weighted by molar-refractivity contribution is -0.137. The fourth-order valence-electron chi connectivity index (χ4n) is 2.16. The van der Waals surface area contributed by atoms with Crippen LogP contribution in [0.15, 0.2) is 55.1 Å². The van der Waals surface area contributed by atoms with Crippen LogP contribution in [0.4, 0.5) is 4.79 Å². The molecule has 2 rings (SSSR count). The number of ether oxygens (including phenoxy) is 3. The van der Waals surface area contributed by atoms with E-state index in [1.165, 1.54) is 49.6 Å². The van der Waals surface area contributed by atoms with Crippen LogP contribution in [-0.4, -0.2) is 54.5 Å². The zero-order valence-corrected chi connectivity index (χ0v) is 17.5. The van der Waals surface area contributed by atoms with Gasteiger partial charge in [-0.05, 0) is 55.0 Å². The molecule has 0 heterocycles. The quantitative estimate of drug-likeness (QED) is 0.332. The lowest BCUT2D eigenvalue weighted by Gasteiger charge is -2.08. The zero-order chi connectivity index (χ0) is 24.1. The molecular weight excluding hydrogens is 422 g/mol. The Balaban J connectivity index is 0.000000389. The van der Waals surface area contributed by atoms with Gasteiger partial charge >= 0.3 is 24.0 Å². The predicted molar refractivity (Wildman–Crippen MR) is 113 cm³/mol. The number of carbonyl (C=O) groups excluding carboxylic acids is 3. The van der Waals surface area contributed by atoms with Crippen LogP contribution in [-0.2, 0) is 14.3 Å². The highest BCUT2D eigenvalue weighted by Gasteiger charge is 2.10. The first-order valence-corrected chi connectivity index (χ1v) is 9.14. The number of carbonyl (C=O) groups is 4. The highest BCUT2D eigenvalue weighted by atomic mass is 16.6. The number of aryl methyl sites for hydroxylation is 1. The number of benzene rings is 2. The number of rotatable bonds is 7. The summed E-state index contributed by atoms with van der Waals surface area (Å²) < 4.78 is 14.1. The van der Waals surface area contributed by atoms with Crippen molar-refractivity contribution in [3.63, 3.8) is 0 Å². The van der Waals surface area contributed by atoms with Crippen LogP contribution >= 0.6 is 0 Å². The van der Waals surface area contributed by atoms with Gasteiger partial charge < -0.3 is 29.7 Å². The summed E-state index contributed by atoms with van der Waals surface area (Å²) in [5.74, 6) is -1.67. The smallest absolute Gasteiger partial charge is 0.412 e. The molecule has 0 radical (unpaired) electrons. The Morgan fingerprint density at radius 2 is 1.75 bits per heavy atom. The Morgan fingerprint density at radius 1 is 1.09 bits per heavy atom. The van der Waals surface area contributed by atoms with E-state index in [1.807, 2.05) is 0 Å². The van der Waals surface area contributed by atoms with Gasteiger partial charge in [-0.2, -0.15) is 0 Å². The van der Waals surface area contributed by atoms with Crippen molar-refractivity contribution in [3.05, 3.63) is 71.8 Å². The number of aromatic carboxylic acids is 1. The molecule has 1 amide bonds. The lowest BCUT2D eigenvalue weighted by Crippen LogP contribution is -2.30. The van der Waals surface area contributed by atoms with E-state index in [9.17, 15) is 19.2 Å². The molecule has 0 aliphatic rings. The molecule has 0 spiro atoms. The van der Waals surface area contributed by atoms with E-state index in [2.05, 4.69) is 21.4 Å². The number of aromatic hydroxyl groups is 1. The Hall–Kier alpha value is -4.34. The molecule has 0 aromatic heterocycles. The van der Waals surface area contributed by atoms with Crippen molar-refractivity contribution in [2.24, 2.45) is 0 Å². The van der Waals surface area contributed by atoms with Crippen molar-refractivity contribution in [2.75, 3.05) is 20.3 Å². The van der Waals surface area contributed by atoms with Gasteiger partial charge in [0.2, 0.25) is 0 Å². The lowest BCUT2D eigenvalue weighted by atomic mass is 10.1. The molecule has 0 saturated heterocycles. The van der Waals surface area contributed by atoms with Crippen molar-refractivity contribution < 1.29 is 43.6 Å². The number of carboxylic acid groups (broad SMARTS) is 1. The van der Waals surface area contributed by atoms with E-state index in [1.54, 1.807) is 6.92 Å². The fourth-order valence-corrected chi connectivity index (χ4v) is 2.16. The van der Waals surface area contributed by atoms with Crippen LogP contribution in [0.3, 0.4) is 0 Å². The number of hydrogen-bond donors (Lipinski definition) is 3. The van der Waals surface area contributed by atoms with E-state index in [-0.39, 0.29) is 30.2 Å². The van der Waals surface area contributed by atoms with Crippen LogP contribution < -0.4 is 10.1 Å². The molecule has 0 bridgehead atoms. The monoisotopic (exact) mass is 445 g/mol. The Labute approximate surface area is 184 Å². The average Bonchev–Trinajstić information content (AvgIpc) is 2.76. The van der Waals surface area contributed by atoms with Gasteiger partial charge in [-0.15, -0.1) is 0 Å². The number of phenols is 1. The largest absolute Gasteiger partial charge is 0.508 e. The molecule has 0 atom stereocenters. The van der Waals surface area contributed by atoms with Gasteiger partial charge in [0.25, 0.3) is 0 Å². The van der Waals surface area contributed by atoms with Crippen LogP contribution in [0.2, 0.25) is 0 Å². The van der Waals surface area contributed by atoms with Gasteiger partial charge in [-0.1, -0.05) is 6.58 Å². The summed E-state index contributed by atoms with van der Waals surface area (Å²) in [6.07, 6.45) is 0.289. The number of phenolic OH excluding ortho intramolecular Hbond substituents is 1. The summed E-state index contributed by atoms with van der Waals surface area (Å²) >= 11 is 0. The molecule has 0 fully saturated rings. The van der Waals surface area contributed by atoms with E-state index in [4.69, 9.17) is 14.9 Å². The number of carboxylic acids is 1. The molecule has 10 nitrogen and oxygen atoms in total. The highest BCUT2D eigenvalue weighted by molar-refractivity contribution is 5.90. The van der Waals surface area contributed by atoms with Crippen LogP contribution in [0.1, 0.15) is 26.3 Å². The molecule has 2 aromatic rings. The van der Waals surface area contributed by atoms with Crippen molar-refractivity contribution in [3.8, 4) is 11.5 Å². The summed E-state index contributed by atoms with van der Waals surface area (Å²) in [5.41, 5.74) is 1.05. The van der Waals surface area contributed by atoms with Gasteiger partial charge in [-0.25, -0.2) is 19.2 Å². The zero-order valence-electron chi connectivity index (χ0n) is 17.5. The van der Waals surface area contributed by atoms with Gasteiger partial charge in [0.1, 0.15) is 18.1 Å². The Morgan fingerprint density at radius 3 is 2.28 bits per heavy atom. The van der Waals surface area contributed by atoms with E-state index in [0.29, 0.717) is 11.1 Å². The van der Waals surface area contributed by atoms with E-state index in [0.717, 1.165) is 6.08 Å². The second-order valence-electron chi connectivity index (χ2n) is 6.01. The van der Waals surface area contributed by atoms with Crippen molar-refractivity contribution in [2.45, 2.75) is 6.92 Å². The molecule has 0 aliphatic carbocycles. The van der Waals surface area contributed by atoms with Crippen molar-refractivity contribution in [1.29, 1.82) is 0 Å². The van der Waals surface area contributed by atoms with Gasteiger partial charge in [0.15, 0.2) is 0 Å². The fraction of sp³-hybridized carbons (Fsp3) is 0.182. The molecule has 0 unspecified atom stereocenters. The number of esters is 2. The van der Waals surface area contributed by atoms with Gasteiger partial charge in [-0.3, -0.25) is 0 Å². The predicted octanol–water partition coefficient (Wildman–Crippen LogP) is 2.69. The molecule has 0 aliphatic heterocycles. The normalized spacial score (nSPS) is 9.44. The minimum atomic E-state index is -1.05. The average molecular weight is 445 g/mol. The van der Waals surface area contributed by atoms with Crippen LogP contribution in [0.25, 0.3) is 0 Å². The number of nitrogens with one attached hydrogen (secondary N) is 1. The number of hydrogen-bond acceptors (Lipinski definition) is 8. The molecule has 10 heteroatoms. The third kappa shape index (κ3) is 8.99. The van der Waals surface area contributed by atoms with Gasteiger partial charge in [0, 0.05) is 6.08 Å². The van der Waals surface area contributed by atoms with Crippen LogP contribution in [0.5, 0.6) is 11.5 Å². The minimum absolute atomic E-state index is 0.00304. The topological polar surface area (TPSA) is 148 Å². The first kappa shape index (κ1) is 25.7. The minimum Gasteiger partial charge on any atom is -0.508 e. The second kappa shape index (κ2) is 13.1. The first-order chi connectivity index (χ1) is 15.2. The SMILES string of the molecule is C=CC(=O)OCCNC(=O)Oc1ccc(C(=O)O)c(C)c1.COC(=O)c1ccc(O)cc1. The second-order valence-corrected chi connectivity index (χ2v) is 6.01. The third-order valence-corrected chi connectivity index (χ3v) is 3.71. The standard InChI is InChI=1S/C14H15NO6.C8H8O3/c1-3-12(16)20-7-6-15-14(19)21-10-4-5-11(13(17)18)9(2)8-10;1-11-8(10)6-2-4-7(9)5-3-6/h3-5,8H,1,6-7H2,2H3,(H,15,19)(H,17,18);2-5,9H,1H3. The molecule has 32 heavy (non-hydrogen) atoms. The highest BCUT2D eigenvalue weighted by Crippen LogP contribution is 2.17. The summed E-state index contributed by atoms with van der Waals surface area (Å²) in [7, 11) is 1.31. The molecule has 0 saturated carbocycles. The first-order valence-electron chi connectivity index (χ1n) is 9.14. The summed E-state index contributed by atoms with van der Waals surface area (Å²) in [4.78, 5) is 43.8. The summed E-state index contributed by atoms with van der Waals surface area (Å²) in [6.45, 7) is 4.91. The Kier molecular flexibility index (Phi) is 10.5. The molecule has 170 valence electrons. The maximum atomic E-state index is 11.4. The van der Waals surface area contributed by atoms with Crippen molar-refractivity contribution in [1.82, 2.24) is 5.32 Å². The molecule has 2 aromatic carbocycles.